The zero-order valence-corrected chi connectivity index (χ0v) is 12.0. The molecule has 4 atom stereocenters. The van der Waals surface area contributed by atoms with Crippen molar-refractivity contribution in [3.63, 3.8) is 0 Å². The minimum Gasteiger partial charge on any atom is -0.390 e. The van der Waals surface area contributed by atoms with Gasteiger partial charge < -0.3 is 10.2 Å². The van der Waals surface area contributed by atoms with Crippen molar-refractivity contribution >= 4 is 0 Å². The number of aliphatic hydroxyl groups is 2. The van der Waals surface area contributed by atoms with E-state index in [0.29, 0.717) is 23.7 Å². The SMILES string of the molecule is CC1CC(C)CC(C(O)C(O)C2CCCCC2)C1. The summed E-state index contributed by atoms with van der Waals surface area (Å²) in [6, 6.07) is 0. The summed E-state index contributed by atoms with van der Waals surface area (Å²) in [4.78, 5) is 0. The van der Waals surface area contributed by atoms with E-state index in [1.807, 2.05) is 0 Å². The molecule has 2 heteroatoms. The fourth-order valence-corrected chi connectivity index (χ4v) is 4.32. The van der Waals surface area contributed by atoms with Gasteiger partial charge in [-0.1, -0.05) is 33.1 Å². The van der Waals surface area contributed by atoms with Crippen molar-refractivity contribution in [1.82, 2.24) is 0 Å². The van der Waals surface area contributed by atoms with Crippen molar-refractivity contribution in [3.05, 3.63) is 0 Å². The van der Waals surface area contributed by atoms with E-state index in [1.54, 1.807) is 0 Å². The predicted octanol–water partition coefficient (Wildman–Crippen LogP) is 3.36. The Balaban J connectivity index is 1.90. The van der Waals surface area contributed by atoms with Gasteiger partial charge in [-0.25, -0.2) is 0 Å². The van der Waals surface area contributed by atoms with E-state index in [9.17, 15) is 10.2 Å². The van der Waals surface area contributed by atoms with E-state index in [2.05, 4.69) is 13.8 Å². The molecule has 0 aliphatic heterocycles. The van der Waals surface area contributed by atoms with Gasteiger partial charge in [0.15, 0.2) is 0 Å². The quantitative estimate of drug-likeness (QED) is 0.810. The molecule has 0 saturated heterocycles. The fraction of sp³-hybridized carbons (Fsp3) is 1.00. The summed E-state index contributed by atoms with van der Waals surface area (Å²) in [5.74, 6) is 2.07. The Bertz CT molecular complexity index is 237. The van der Waals surface area contributed by atoms with Crippen molar-refractivity contribution in [2.75, 3.05) is 0 Å². The first-order chi connectivity index (χ1) is 8.58. The summed E-state index contributed by atoms with van der Waals surface area (Å²) in [5, 5.41) is 20.9. The molecule has 0 amide bonds. The van der Waals surface area contributed by atoms with E-state index >= 15 is 0 Å². The zero-order chi connectivity index (χ0) is 13.1. The lowest BCUT2D eigenvalue weighted by molar-refractivity contribution is -0.0704. The average molecular weight is 254 g/mol. The molecular formula is C16H30O2. The Hall–Kier alpha value is -0.0800. The largest absolute Gasteiger partial charge is 0.390 e. The average Bonchev–Trinajstić information content (AvgIpc) is 2.37. The maximum atomic E-state index is 10.5. The van der Waals surface area contributed by atoms with Gasteiger partial charge in [-0.3, -0.25) is 0 Å². The molecule has 0 aromatic rings. The van der Waals surface area contributed by atoms with Crippen LogP contribution in [0.2, 0.25) is 0 Å². The minimum absolute atomic E-state index is 0.320. The van der Waals surface area contributed by atoms with Crippen LogP contribution < -0.4 is 0 Å². The van der Waals surface area contributed by atoms with Crippen LogP contribution in [0.1, 0.15) is 65.2 Å². The predicted molar refractivity (Wildman–Crippen MR) is 74.3 cm³/mol. The van der Waals surface area contributed by atoms with Gasteiger partial charge in [0.1, 0.15) is 0 Å². The lowest BCUT2D eigenvalue weighted by atomic mass is 9.71. The van der Waals surface area contributed by atoms with Crippen molar-refractivity contribution in [1.29, 1.82) is 0 Å². The van der Waals surface area contributed by atoms with Crippen molar-refractivity contribution in [2.45, 2.75) is 77.4 Å². The molecule has 0 heterocycles. The van der Waals surface area contributed by atoms with Crippen LogP contribution in [0.15, 0.2) is 0 Å². The number of rotatable bonds is 3. The smallest absolute Gasteiger partial charge is 0.0830 e. The first kappa shape index (κ1) is 14.3. The summed E-state index contributed by atoms with van der Waals surface area (Å²) in [6.07, 6.45) is 8.47. The highest BCUT2D eigenvalue weighted by molar-refractivity contribution is 4.87. The summed E-state index contributed by atoms with van der Waals surface area (Å²) >= 11 is 0. The van der Waals surface area contributed by atoms with Gasteiger partial charge in [0.2, 0.25) is 0 Å². The molecule has 18 heavy (non-hydrogen) atoms. The summed E-state index contributed by atoms with van der Waals surface area (Å²) in [5.41, 5.74) is 0. The minimum atomic E-state index is -0.488. The maximum Gasteiger partial charge on any atom is 0.0830 e. The topological polar surface area (TPSA) is 40.5 Å². The van der Waals surface area contributed by atoms with E-state index in [1.165, 1.54) is 25.7 Å². The van der Waals surface area contributed by atoms with Crippen LogP contribution >= 0.6 is 0 Å². The van der Waals surface area contributed by atoms with E-state index in [4.69, 9.17) is 0 Å². The van der Waals surface area contributed by atoms with Crippen molar-refractivity contribution in [2.24, 2.45) is 23.7 Å². The molecule has 0 spiro atoms. The first-order valence-corrected chi connectivity index (χ1v) is 7.94. The lowest BCUT2D eigenvalue weighted by Gasteiger charge is -2.38. The van der Waals surface area contributed by atoms with Crippen LogP contribution in [0.25, 0.3) is 0 Å². The lowest BCUT2D eigenvalue weighted by Crippen LogP contribution is -2.42. The van der Waals surface area contributed by atoms with E-state index in [-0.39, 0.29) is 0 Å². The van der Waals surface area contributed by atoms with Crippen LogP contribution in [0.5, 0.6) is 0 Å². The Labute approximate surface area is 112 Å². The normalized spacial score (nSPS) is 38.3. The molecule has 0 bridgehead atoms. The third-order valence-corrected chi connectivity index (χ3v) is 5.18. The van der Waals surface area contributed by atoms with Crippen molar-refractivity contribution in [3.8, 4) is 0 Å². The standard InChI is InChI=1S/C16H30O2/c1-11-8-12(2)10-14(9-11)16(18)15(17)13-6-4-3-5-7-13/h11-18H,3-10H2,1-2H3. The Kier molecular flexibility index (Phi) is 5.08. The molecule has 2 nitrogen and oxygen atoms in total. The molecule has 2 rings (SSSR count). The Morgan fingerprint density at radius 2 is 1.22 bits per heavy atom. The van der Waals surface area contributed by atoms with Gasteiger partial charge >= 0.3 is 0 Å². The van der Waals surface area contributed by atoms with Gasteiger partial charge in [-0.05, 0) is 55.8 Å². The fourth-order valence-electron chi connectivity index (χ4n) is 4.32. The van der Waals surface area contributed by atoms with E-state index in [0.717, 1.165) is 25.7 Å². The third-order valence-electron chi connectivity index (χ3n) is 5.18. The summed E-state index contributed by atoms with van der Waals surface area (Å²) in [6.45, 7) is 4.56. The molecule has 2 fully saturated rings. The maximum absolute atomic E-state index is 10.5. The molecule has 0 radical (unpaired) electrons. The highest BCUT2D eigenvalue weighted by Gasteiger charge is 2.36. The molecule has 2 saturated carbocycles. The van der Waals surface area contributed by atoms with Crippen LogP contribution in [0.3, 0.4) is 0 Å². The number of hydrogen-bond acceptors (Lipinski definition) is 2. The zero-order valence-electron chi connectivity index (χ0n) is 12.0. The molecule has 0 aromatic carbocycles. The number of aliphatic hydroxyl groups excluding tert-OH is 2. The van der Waals surface area contributed by atoms with Crippen LogP contribution in [0, 0.1) is 23.7 Å². The molecule has 0 aromatic heterocycles. The number of hydrogen-bond donors (Lipinski definition) is 2. The molecule has 2 N–H and O–H groups in total. The second-order valence-corrected chi connectivity index (χ2v) is 7.06. The van der Waals surface area contributed by atoms with Crippen LogP contribution in [-0.2, 0) is 0 Å². The van der Waals surface area contributed by atoms with Gasteiger partial charge in [-0.2, -0.15) is 0 Å². The molecule has 4 unspecified atom stereocenters. The third kappa shape index (κ3) is 3.48. The second kappa shape index (κ2) is 6.38. The van der Waals surface area contributed by atoms with Gasteiger partial charge in [0.25, 0.3) is 0 Å². The van der Waals surface area contributed by atoms with Crippen LogP contribution in [0.4, 0.5) is 0 Å². The Morgan fingerprint density at radius 1 is 0.722 bits per heavy atom. The van der Waals surface area contributed by atoms with Crippen molar-refractivity contribution < 1.29 is 10.2 Å². The molecule has 2 aliphatic carbocycles. The molecular weight excluding hydrogens is 224 g/mol. The molecule has 2 aliphatic rings. The van der Waals surface area contributed by atoms with E-state index < -0.39 is 12.2 Å². The Morgan fingerprint density at radius 3 is 1.78 bits per heavy atom. The highest BCUT2D eigenvalue weighted by Crippen LogP contribution is 2.38. The second-order valence-electron chi connectivity index (χ2n) is 7.06. The first-order valence-electron chi connectivity index (χ1n) is 7.94. The highest BCUT2D eigenvalue weighted by atomic mass is 16.3. The van der Waals surface area contributed by atoms with Gasteiger partial charge in [0, 0.05) is 0 Å². The monoisotopic (exact) mass is 254 g/mol. The molecule has 106 valence electrons. The summed E-state index contributed by atoms with van der Waals surface area (Å²) < 4.78 is 0. The van der Waals surface area contributed by atoms with Gasteiger partial charge in [0.05, 0.1) is 12.2 Å². The van der Waals surface area contributed by atoms with Gasteiger partial charge in [-0.15, -0.1) is 0 Å². The van der Waals surface area contributed by atoms with Crippen LogP contribution in [-0.4, -0.2) is 22.4 Å². The summed E-state index contributed by atoms with van der Waals surface area (Å²) in [7, 11) is 0.